The number of anilines is 2. The summed E-state index contributed by atoms with van der Waals surface area (Å²) in [6.07, 6.45) is -4.57. The van der Waals surface area contributed by atoms with Crippen molar-refractivity contribution in [3.63, 3.8) is 0 Å². The molecule has 0 bridgehead atoms. The average molecular weight is 588 g/mol. The molecule has 5 rings (SSSR count). The predicted octanol–water partition coefficient (Wildman–Crippen LogP) is 2.96. The molecule has 42 heavy (non-hydrogen) atoms. The fourth-order valence-corrected chi connectivity index (χ4v) is 5.38. The van der Waals surface area contributed by atoms with E-state index in [0.29, 0.717) is 54.2 Å². The first-order valence-corrected chi connectivity index (χ1v) is 13.4. The fourth-order valence-electron chi connectivity index (χ4n) is 5.38. The fraction of sp³-hybridized carbons (Fsp3) is 0.414. The van der Waals surface area contributed by atoms with Crippen LogP contribution in [0.1, 0.15) is 17.5 Å². The van der Waals surface area contributed by atoms with Crippen LogP contribution >= 0.6 is 0 Å². The summed E-state index contributed by atoms with van der Waals surface area (Å²) in [6.45, 7) is 0.889. The second-order valence-corrected chi connectivity index (χ2v) is 10.5. The highest BCUT2D eigenvalue weighted by atomic mass is 19.4. The van der Waals surface area contributed by atoms with Crippen molar-refractivity contribution < 1.29 is 32.5 Å². The summed E-state index contributed by atoms with van der Waals surface area (Å²) in [5.74, 6) is 0.600. The number of aromatic nitrogens is 2. The summed E-state index contributed by atoms with van der Waals surface area (Å²) in [4.78, 5) is 31.5. The van der Waals surface area contributed by atoms with Crippen LogP contribution in [0.3, 0.4) is 0 Å². The molecule has 1 fully saturated rings. The number of aliphatic hydroxyl groups is 1. The van der Waals surface area contributed by atoms with Crippen molar-refractivity contribution >= 4 is 17.3 Å². The molecule has 10 nitrogen and oxygen atoms in total. The Morgan fingerprint density at radius 3 is 2.36 bits per heavy atom. The third kappa shape index (κ3) is 5.48. The second-order valence-electron chi connectivity index (χ2n) is 10.5. The number of ether oxygens (including phenoxy) is 2. The summed E-state index contributed by atoms with van der Waals surface area (Å²) in [6, 6.07) is 8.52. The van der Waals surface area contributed by atoms with Gasteiger partial charge in [-0.1, -0.05) is 0 Å². The van der Waals surface area contributed by atoms with Crippen molar-refractivity contribution in [2.24, 2.45) is 0 Å². The van der Waals surface area contributed by atoms with E-state index in [2.05, 4.69) is 5.10 Å². The third-order valence-corrected chi connectivity index (χ3v) is 7.61. The number of β-amino-alcohol motifs (C(OH)–C–C–N with tert-alkyl or cyclic N) is 1. The van der Waals surface area contributed by atoms with Crippen molar-refractivity contribution in [3.8, 4) is 28.4 Å². The summed E-state index contributed by atoms with van der Waals surface area (Å²) in [5, 5.41) is 14.6. The minimum Gasteiger partial charge on any atom is -0.497 e. The van der Waals surface area contributed by atoms with E-state index in [1.807, 2.05) is 0 Å². The number of alkyl halides is 3. The van der Waals surface area contributed by atoms with Gasteiger partial charge in [0.05, 0.1) is 43.8 Å². The lowest BCUT2D eigenvalue weighted by Gasteiger charge is -2.24. The molecule has 0 unspecified atom stereocenters. The highest BCUT2D eigenvalue weighted by Gasteiger charge is 2.37. The van der Waals surface area contributed by atoms with Crippen LogP contribution in [0.15, 0.2) is 41.2 Å². The molecular weight excluding hydrogens is 555 g/mol. The molecule has 0 spiro atoms. The molecule has 1 amide bonds. The Balaban J connectivity index is 1.79. The van der Waals surface area contributed by atoms with E-state index >= 15 is 0 Å². The van der Waals surface area contributed by atoms with Gasteiger partial charge in [0.2, 0.25) is 5.91 Å². The number of benzene rings is 2. The van der Waals surface area contributed by atoms with Crippen LogP contribution in [-0.2, 0) is 17.4 Å². The number of hydrogen-bond acceptors (Lipinski definition) is 8. The lowest BCUT2D eigenvalue weighted by Crippen LogP contribution is -2.39. The van der Waals surface area contributed by atoms with Crippen molar-refractivity contribution in [1.29, 1.82) is 0 Å². The number of carbonyl (C=O) groups is 1. The lowest BCUT2D eigenvalue weighted by atomic mass is 10.0. The number of likely N-dealkylation sites (N-methyl/N-ethyl adjacent to an activating group) is 1. The SMILES string of the molecule is COc1cc(OC)cc(-c2nn(-c3cc(N4CC[C@H](O)C4)ccc3C(F)(F)F)c(=O)c3c2CCN3CC(=O)N(C)C)c1. The van der Waals surface area contributed by atoms with Crippen LogP contribution in [0, 0.1) is 0 Å². The van der Waals surface area contributed by atoms with Crippen LogP contribution in [0.25, 0.3) is 16.9 Å². The molecule has 2 aliphatic heterocycles. The van der Waals surface area contributed by atoms with Gasteiger partial charge in [-0.2, -0.15) is 23.0 Å². The first kappa shape index (κ1) is 29.2. The van der Waals surface area contributed by atoms with Crippen molar-refractivity contribution in [2.75, 3.05) is 64.3 Å². The summed E-state index contributed by atoms with van der Waals surface area (Å²) in [7, 11) is 6.13. The molecule has 0 aliphatic carbocycles. The molecular formula is C29H32F3N5O5. The first-order chi connectivity index (χ1) is 19.9. The number of nitrogens with zero attached hydrogens (tertiary/aromatic N) is 5. The third-order valence-electron chi connectivity index (χ3n) is 7.61. The van der Waals surface area contributed by atoms with E-state index in [9.17, 15) is 27.9 Å². The maximum Gasteiger partial charge on any atom is 0.418 e. The van der Waals surface area contributed by atoms with Crippen LogP contribution in [0.5, 0.6) is 11.5 Å². The molecule has 3 aromatic rings. The predicted molar refractivity (Wildman–Crippen MR) is 151 cm³/mol. The zero-order chi connectivity index (χ0) is 30.3. The largest absolute Gasteiger partial charge is 0.497 e. The maximum absolute atomic E-state index is 14.4. The number of methoxy groups -OCH3 is 2. The van der Waals surface area contributed by atoms with Gasteiger partial charge in [-0.3, -0.25) is 9.59 Å². The molecule has 13 heteroatoms. The van der Waals surface area contributed by atoms with Gasteiger partial charge in [0, 0.05) is 56.6 Å². The molecule has 1 aromatic heterocycles. The molecule has 2 aromatic carbocycles. The number of aliphatic hydroxyl groups excluding tert-OH is 1. The topological polar surface area (TPSA) is 100 Å². The number of hydrogen-bond donors (Lipinski definition) is 1. The standard InChI is InChI=1S/C29H32F3N5O5/c1-34(2)25(39)16-36-10-8-22-26(17-11-20(41-3)14-21(12-17)42-4)33-37(28(40)27(22)36)24-13-18(35-9-7-19(38)15-35)5-6-23(24)29(30,31)32/h5-6,11-14,19,38H,7-10,15-16H2,1-4H3/t19-/m0/s1. The Morgan fingerprint density at radius 2 is 1.79 bits per heavy atom. The Bertz CT molecular complexity index is 1550. The number of halogens is 3. The van der Waals surface area contributed by atoms with Crippen molar-refractivity contribution in [3.05, 3.63) is 57.9 Å². The van der Waals surface area contributed by atoms with E-state index in [-0.39, 0.29) is 30.4 Å². The van der Waals surface area contributed by atoms with Gasteiger partial charge in [-0.15, -0.1) is 0 Å². The Hall–Kier alpha value is -4.26. The van der Waals surface area contributed by atoms with Gasteiger partial charge in [0.15, 0.2) is 0 Å². The van der Waals surface area contributed by atoms with Gasteiger partial charge in [-0.25, -0.2) is 0 Å². The zero-order valence-electron chi connectivity index (χ0n) is 23.7. The van der Waals surface area contributed by atoms with E-state index in [1.165, 1.54) is 31.3 Å². The average Bonchev–Trinajstić information content (AvgIpc) is 3.58. The molecule has 2 aliphatic rings. The summed E-state index contributed by atoms with van der Waals surface area (Å²) >= 11 is 0. The second kappa shape index (κ2) is 11.2. The Morgan fingerprint density at radius 1 is 1.10 bits per heavy atom. The van der Waals surface area contributed by atoms with Crippen molar-refractivity contribution in [1.82, 2.24) is 14.7 Å². The molecule has 3 heterocycles. The minimum atomic E-state index is -4.79. The molecule has 1 saturated heterocycles. The smallest absolute Gasteiger partial charge is 0.418 e. The van der Waals surface area contributed by atoms with Crippen LogP contribution < -0.4 is 24.8 Å². The summed E-state index contributed by atoms with van der Waals surface area (Å²) < 4.78 is 54.7. The molecule has 1 atom stereocenters. The number of rotatable bonds is 7. The monoisotopic (exact) mass is 587 g/mol. The molecule has 0 radical (unpaired) electrons. The van der Waals surface area contributed by atoms with Gasteiger partial charge in [-0.05, 0) is 43.2 Å². The molecule has 224 valence electrons. The molecule has 1 N–H and O–H groups in total. The zero-order valence-corrected chi connectivity index (χ0v) is 23.7. The Labute approximate surface area is 240 Å². The van der Waals surface area contributed by atoms with Gasteiger partial charge in [0.25, 0.3) is 5.56 Å². The highest BCUT2D eigenvalue weighted by Crippen LogP contribution is 2.39. The lowest BCUT2D eigenvalue weighted by molar-refractivity contribution is -0.137. The van der Waals surface area contributed by atoms with Crippen LogP contribution in [-0.4, -0.2) is 86.3 Å². The number of carbonyl (C=O) groups excluding carboxylic acids is 1. The number of amides is 1. The van der Waals surface area contributed by atoms with Gasteiger partial charge < -0.3 is 29.3 Å². The van der Waals surface area contributed by atoms with Crippen molar-refractivity contribution in [2.45, 2.75) is 25.1 Å². The Kier molecular flexibility index (Phi) is 7.80. The highest BCUT2D eigenvalue weighted by molar-refractivity contribution is 5.83. The van der Waals surface area contributed by atoms with Gasteiger partial charge >= 0.3 is 6.18 Å². The number of fused-ring (bicyclic) bond motifs is 1. The summed E-state index contributed by atoms with van der Waals surface area (Å²) in [5.41, 5.74) is -0.442. The van der Waals surface area contributed by atoms with E-state index in [4.69, 9.17) is 9.47 Å². The normalized spacial score (nSPS) is 16.5. The van der Waals surface area contributed by atoms with E-state index in [1.54, 1.807) is 42.1 Å². The van der Waals surface area contributed by atoms with E-state index < -0.39 is 29.1 Å². The quantitative estimate of drug-likeness (QED) is 0.451. The van der Waals surface area contributed by atoms with Crippen LogP contribution in [0.4, 0.5) is 24.5 Å². The van der Waals surface area contributed by atoms with Crippen LogP contribution in [0.2, 0.25) is 0 Å². The maximum atomic E-state index is 14.4. The first-order valence-electron chi connectivity index (χ1n) is 13.4. The van der Waals surface area contributed by atoms with E-state index in [0.717, 1.165) is 10.7 Å². The minimum absolute atomic E-state index is 0.118. The molecule has 0 saturated carbocycles. The van der Waals surface area contributed by atoms with Gasteiger partial charge in [0.1, 0.15) is 17.2 Å².